The second-order valence-corrected chi connectivity index (χ2v) is 6.01. The highest BCUT2D eigenvalue weighted by Gasteiger charge is 2.27. The first kappa shape index (κ1) is 16.4. The van der Waals surface area contributed by atoms with Crippen molar-refractivity contribution < 1.29 is 5.11 Å². The maximum atomic E-state index is 9.25. The second kappa shape index (κ2) is 6.36. The molecule has 0 saturated carbocycles. The van der Waals surface area contributed by atoms with Crippen LogP contribution in [0.5, 0.6) is 0 Å². The molecule has 0 spiro atoms. The Kier molecular flexibility index (Phi) is 6.51. The summed E-state index contributed by atoms with van der Waals surface area (Å²) < 4.78 is 1.98. The Labute approximate surface area is 119 Å². The average molecular weight is 374 g/mol. The molecular weight excluding hydrogens is 357 g/mol. The number of hydrogen-bond acceptors (Lipinski definition) is 2. The van der Waals surface area contributed by atoms with Crippen LogP contribution >= 0.6 is 44.3 Å². The first-order valence-electron chi connectivity index (χ1n) is 4.70. The van der Waals surface area contributed by atoms with E-state index in [4.69, 9.17) is 5.73 Å². The van der Waals surface area contributed by atoms with Gasteiger partial charge in [-0.1, -0.05) is 19.9 Å². The fourth-order valence-corrected chi connectivity index (χ4v) is 1.90. The van der Waals surface area contributed by atoms with E-state index < -0.39 is 0 Å². The normalized spacial score (nSPS) is 13.1. The average Bonchev–Trinajstić information content (AvgIpc) is 2.21. The minimum absolute atomic E-state index is 0. The molecule has 1 rings (SSSR count). The minimum atomic E-state index is -0.312. The maximum Gasteiger partial charge on any atom is 0.0500 e. The molecule has 16 heavy (non-hydrogen) atoms. The molecule has 5 heteroatoms. The summed E-state index contributed by atoms with van der Waals surface area (Å²) in [5.74, 6) is 0. The lowest BCUT2D eigenvalue weighted by molar-refractivity contribution is 0.132. The Balaban J connectivity index is 0.00000225. The fraction of sp³-hybridized carbons (Fsp3) is 0.455. The highest BCUT2D eigenvalue weighted by molar-refractivity contribution is 9.13. The smallest absolute Gasteiger partial charge is 0.0500 e. The van der Waals surface area contributed by atoms with Crippen molar-refractivity contribution in [1.29, 1.82) is 0 Å². The Bertz CT molecular complexity index is 358. The highest BCUT2D eigenvalue weighted by atomic mass is 79.9. The van der Waals surface area contributed by atoms with Gasteiger partial charge in [-0.15, -0.1) is 12.4 Å². The van der Waals surface area contributed by atoms with Crippen LogP contribution in [0.4, 0.5) is 0 Å². The maximum absolute atomic E-state index is 9.25. The molecule has 1 aromatic rings. The van der Waals surface area contributed by atoms with E-state index >= 15 is 0 Å². The number of hydrogen-bond donors (Lipinski definition) is 2. The molecule has 3 N–H and O–H groups in total. The van der Waals surface area contributed by atoms with Crippen molar-refractivity contribution in [3.8, 4) is 0 Å². The zero-order chi connectivity index (χ0) is 11.6. The summed E-state index contributed by atoms with van der Waals surface area (Å²) in [6, 6.07) is 5.72. The summed E-state index contributed by atoms with van der Waals surface area (Å²) in [4.78, 5) is 0. The van der Waals surface area contributed by atoms with Gasteiger partial charge in [-0.05, 0) is 49.6 Å². The molecule has 0 bridgehead atoms. The van der Waals surface area contributed by atoms with E-state index in [1.807, 2.05) is 32.0 Å². The molecule has 92 valence electrons. The van der Waals surface area contributed by atoms with Crippen molar-refractivity contribution in [3.63, 3.8) is 0 Å². The van der Waals surface area contributed by atoms with Gasteiger partial charge in [-0.3, -0.25) is 0 Å². The lowest BCUT2D eigenvalue weighted by Crippen LogP contribution is -2.32. The predicted octanol–water partition coefficient (Wildman–Crippen LogP) is 3.65. The number of rotatable bonds is 3. The number of nitrogens with two attached hydrogens (primary N) is 1. The SMILES string of the molecule is CC(C)(CO)[C@@H](N)c1ccc(Br)c(Br)c1.Cl. The van der Waals surface area contributed by atoms with E-state index in [-0.39, 0.29) is 30.5 Å². The Hall–Kier alpha value is 0.390. The molecule has 1 atom stereocenters. The van der Waals surface area contributed by atoms with Gasteiger partial charge in [-0.25, -0.2) is 0 Å². The summed E-state index contributed by atoms with van der Waals surface area (Å²) in [6.07, 6.45) is 0. The van der Waals surface area contributed by atoms with Gasteiger partial charge < -0.3 is 10.8 Å². The van der Waals surface area contributed by atoms with Gasteiger partial charge in [0.2, 0.25) is 0 Å². The molecule has 0 heterocycles. The lowest BCUT2D eigenvalue weighted by Gasteiger charge is -2.29. The van der Waals surface area contributed by atoms with Gasteiger partial charge in [0.1, 0.15) is 0 Å². The van der Waals surface area contributed by atoms with Gasteiger partial charge in [0.05, 0.1) is 0 Å². The molecule has 0 radical (unpaired) electrons. The predicted molar refractivity (Wildman–Crippen MR) is 76.9 cm³/mol. The Morgan fingerprint density at radius 1 is 1.31 bits per heavy atom. The number of halogens is 3. The molecule has 0 aliphatic carbocycles. The first-order valence-corrected chi connectivity index (χ1v) is 6.28. The summed E-state index contributed by atoms with van der Waals surface area (Å²) in [5, 5.41) is 9.25. The van der Waals surface area contributed by atoms with E-state index in [0.29, 0.717) is 0 Å². The molecule has 2 nitrogen and oxygen atoms in total. The van der Waals surface area contributed by atoms with E-state index in [1.165, 1.54) is 0 Å². The van der Waals surface area contributed by atoms with Crippen LogP contribution < -0.4 is 5.73 Å². The molecule has 0 amide bonds. The second-order valence-electron chi connectivity index (χ2n) is 4.30. The van der Waals surface area contributed by atoms with Gasteiger partial charge in [0.25, 0.3) is 0 Å². The van der Waals surface area contributed by atoms with Crippen LogP contribution in [0.1, 0.15) is 25.5 Å². The largest absolute Gasteiger partial charge is 0.396 e. The van der Waals surface area contributed by atoms with E-state index in [1.54, 1.807) is 0 Å². The van der Waals surface area contributed by atoms with Gasteiger partial charge in [0.15, 0.2) is 0 Å². The standard InChI is InChI=1S/C11H15Br2NO.ClH/c1-11(2,6-15)10(14)7-3-4-8(12)9(13)5-7;/h3-5,10,15H,6,14H2,1-2H3;1H/t10-;/m0./s1. The minimum Gasteiger partial charge on any atom is -0.396 e. The van der Waals surface area contributed by atoms with Crippen LogP contribution in [0.25, 0.3) is 0 Å². The number of aliphatic hydroxyl groups excluding tert-OH is 1. The molecule has 0 unspecified atom stereocenters. The van der Waals surface area contributed by atoms with Gasteiger partial charge in [0, 0.05) is 27.0 Å². The van der Waals surface area contributed by atoms with E-state index in [2.05, 4.69) is 31.9 Å². The molecule has 1 aromatic carbocycles. The van der Waals surface area contributed by atoms with Crippen LogP contribution in [0, 0.1) is 5.41 Å². The molecule has 0 saturated heterocycles. The summed E-state index contributed by atoms with van der Waals surface area (Å²) in [7, 11) is 0. The van der Waals surface area contributed by atoms with Crippen molar-refractivity contribution in [2.45, 2.75) is 19.9 Å². The van der Waals surface area contributed by atoms with E-state index in [9.17, 15) is 5.11 Å². The third-order valence-corrected chi connectivity index (χ3v) is 4.43. The molecule has 0 aromatic heterocycles. The molecule has 0 aliphatic heterocycles. The number of aliphatic hydroxyl groups is 1. The lowest BCUT2D eigenvalue weighted by atomic mass is 9.82. The van der Waals surface area contributed by atoms with Crippen molar-refractivity contribution >= 4 is 44.3 Å². The zero-order valence-corrected chi connectivity index (χ0v) is 13.2. The molecule has 0 fully saturated rings. The molecule has 0 aliphatic rings. The molecular formula is C11H16Br2ClNO. The van der Waals surface area contributed by atoms with Gasteiger partial charge in [-0.2, -0.15) is 0 Å². The third kappa shape index (κ3) is 3.70. The first-order chi connectivity index (χ1) is 6.88. The van der Waals surface area contributed by atoms with Crippen LogP contribution in [-0.2, 0) is 0 Å². The van der Waals surface area contributed by atoms with Crippen LogP contribution in [-0.4, -0.2) is 11.7 Å². The van der Waals surface area contributed by atoms with Crippen molar-refractivity contribution in [1.82, 2.24) is 0 Å². The van der Waals surface area contributed by atoms with Crippen LogP contribution in [0.3, 0.4) is 0 Å². The Morgan fingerprint density at radius 2 is 1.88 bits per heavy atom. The van der Waals surface area contributed by atoms with Gasteiger partial charge >= 0.3 is 0 Å². The topological polar surface area (TPSA) is 46.2 Å². The summed E-state index contributed by atoms with van der Waals surface area (Å²) in [6.45, 7) is 3.98. The fourth-order valence-electron chi connectivity index (χ4n) is 1.26. The van der Waals surface area contributed by atoms with Crippen molar-refractivity contribution in [2.75, 3.05) is 6.61 Å². The van der Waals surface area contributed by atoms with Crippen molar-refractivity contribution in [2.24, 2.45) is 11.1 Å². The summed E-state index contributed by atoms with van der Waals surface area (Å²) >= 11 is 6.85. The monoisotopic (exact) mass is 371 g/mol. The summed E-state index contributed by atoms with van der Waals surface area (Å²) in [5.41, 5.74) is 6.81. The van der Waals surface area contributed by atoms with Crippen LogP contribution in [0.2, 0.25) is 0 Å². The van der Waals surface area contributed by atoms with E-state index in [0.717, 1.165) is 14.5 Å². The quantitative estimate of drug-likeness (QED) is 0.850. The van der Waals surface area contributed by atoms with Crippen molar-refractivity contribution in [3.05, 3.63) is 32.7 Å². The number of benzene rings is 1. The van der Waals surface area contributed by atoms with Crippen LogP contribution in [0.15, 0.2) is 27.1 Å². The Morgan fingerprint density at radius 3 is 2.31 bits per heavy atom. The third-order valence-electron chi connectivity index (χ3n) is 2.55. The zero-order valence-electron chi connectivity index (χ0n) is 9.21. The highest BCUT2D eigenvalue weighted by Crippen LogP contribution is 2.33.